The van der Waals surface area contributed by atoms with E-state index in [1.807, 2.05) is 60.0 Å². The van der Waals surface area contributed by atoms with Crippen LogP contribution in [0.15, 0.2) is 107 Å². The second-order valence-corrected chi connectivity index (χ2v) is 12.0. The summed E-state index contributed by atoms with van der Waals surface area (Å²) in [5.74, 6) is 0.679. The Morgan fingerprint density at radius 2 is 1.78 bits per heavy atom. The molecule has 2 amide bonds. The normalized spacial score (nSPS) is 14.2. The SMILES string of the molecule is COc1ccccc1-n1c(CNC(=O)COc2ccccc2)nnc1SCC(=O)N1N=C(c2cccs2)CC1c1ccc(F)cc1. The average molecular weight is 657 g/mol. The van der Waals surface area contributed by atoms with E-state index in [0.29, 0.717) is 34.6 Å². The summed E-state index contributed by atoms with van der Waals surface area (Å²) in [6.07, 6.45) is 0.512. The van der Waals surface area contributed by atoms with Gasteiger partial charge in [-0.15, -0.1) is 21.5 Å². The number of aromatic nitrogens is 3. The van der Waals surface area contributed by atoms with Gasteiger partial charge >= 0.3 is 0 Å². The molecule has 0 spiro atoms. The zero-order valence-corrected chi connectivity index (χ0v) is 26.3. The number of benzene rings is 3. The zero-order chi connectivity index (χ0) is 31.9. The first kappa shape index (κ1) is 31.0. The van der Waals surface area contributed by atoms with Gasteiger partial charge in [-0.1, -0.05) is 60.3 Å². The summed E-state index contributed by atoms with van der Waals surface area (Å²) in [5, 5.41) is 20.1. The number of rotatable bonds is 12. The van der Waals surface area contributed by atoms with Crippen LogP contribution in [0, 0.1) is 5.82 Å². The van der Waals surface area contributed by atoms with Crippen LogP contribution in [0.3, 0.4) is 0 Å². The minimum Gasteiger partial charge on any atom is -0.495 e. The Morgan fingerprint density at radius 3 is 2.54 bits per heavy atom. The Balaban J connectivity index is 1.21. The van der Waals surface area contributed by atoms with Crippen LogP contribution in [0.2, 0.25) is 0 Å². The van der Waals surface area contributed by atoms with Crippen molar-refractivity contribution in [2.75, 3.05) is 19.5 Å². The highest BCUT2D eigenvalue weighted by Crippen LogP contribution is 2.35. The first-order chi connectivity index (χ1) is 22.5. The van der Waals surface area contributed by atoms with Crippen molar-refractivity contribution >= 4 is 40.6 Å². The summed E-state index contributed by atoms with van der Waals surface area (Å²) in [5.41, 5.74) is 2.24. The number of methoxy groups -OCH3 is 1. The van der Waals surface area contributed by atoms with Crippen LogP contribution >= 0.6 is 23.1 Å². The fourth-order valence-electron chi connectivity index (χ4n) is 4.93. The lowest BCUT2D eigenvalue weighted by Crippen LogP contribution is -2.29. The van der Waals surface area contributed by atoms with Gasteiger partial charge in [0.15, 0.2) is 17.6 Å². The fraction of sp³-hybridized carbons (Fsp3) is 0.182. The molecule has 0 fully saturated rings. The lowest BCUT2D eigenvalue weighted by molar-refractivity contribution is -0.130. The van der Waals surface area contributed by atoms with Gasteiger partial charge in [-0.2, -0.15) is 5.10 Å². The minimum absolute atomic E-state index is 0.00344. The maximum atomic E-state index is 13.7. The van der Waals surface area contributed by atoms with Gasteiger partial charge in [0.25, 0.3) is 11.8 Å². The van der Waals surface area contributed by atoms with Gasteiger partial charge in [0.05, 0.1) is 41.7 Å². The van der Waals surface area contributed by atoms with Crippen LogP contribution in [-0.2, 0) is 16.1 Å². The van der Waals surface area contributed by atoms with Crippen molar-refractivity contribution < 1.29 is 23.5 Å². The van der Waals surface area contributed by atoms with E-state index in [1.165, 1.54) is 28.9 Å². The molecule has 0 radical (unpaired) electrons. The molecule has 3 aromatic carbocycles. The third kappa shape index (κ3) is 7.11. The maximum absolute atomic E-state index is 13.7. The summed E-state index contributed by atoms with van der Waals surface area (Å²) in [6, 6.07) is 26.1. The molecule has 5 aromatic rings. The monoisotopic (exact) mass is 656 g/mol. The van der Waals surface area contributed by atoms with Crippen LogP contribution in [-0.4, -0.2) is 56.8 Å². The average Bonchev–Trinajstić information content (AvgIpc) is 3.86. The molecule has 0 saturated carbocycles. The quantitative estimate of drug-likeness (QED) is 0.173. The van der Waals surface area contributed by atoms with Crippen LogP contribution in [0.25, 0.3) is 5.69 Å². The van der Waals surface area contributed by atoms with Crippen molar-refractivity contribution in [2.24, 2.45) is 5.10 Å². The van der Waals surface area contributed by atoms with Gasteiger partial charge in [0.2, 0.25) is 0 Å². The molecule has 1 aliphatic heterocycles. The summed E-state index contributed by atoms with van der Waals surface area (Å²) < 4.78 is 26.6. The van der Waals surface area contributed by atoms with Crippen molar-refractivity contribution in [3.63, 3.8) is 0 Å². The van der Waals surface area contributed by atoms with E-state index in [1.54, 1.807) is 47.3 Å². The van der Waals surface area contributed by atoms with Crippen molar-refractivity contribution in [3.8, 4) is 17.2 Å². The van der Waals surface area contributed by atoms with Gasteiger partial charge in [-0.3, -0.25) is 14.2 Å². The van der Waals surface area contributed by atoms with Crippen molar-refractivity contribution in [2.45, 2.75) is 24.2 Å². The van der Waals surface area contributed by atoms with E-state index >= 15 is 0 Å². The molecule has 10 nitrogen and oxygen atoms in total. The largest absolute Gasteiger partial charge is 0.495 e. The van der Waals surface area contributed by atoms with Crippen LogP contribution in [0.4, 0.5) is 4.39 Å². The predicted octanol–water partition coefficient (Wildman–Crippen LogP) is 5.64. The molecular weight excluding hydrogens is 628 g/mol. The van der Waals surface area contributed by atoms with E-state index in [2.05, 4.69) is 15.5 Å². The third-order valence-corrected chi connectivity index (χ3v) is 8.97. The third-order valence-electron chi connectivity index (χ3n) is 7.13. The Hall–Kier alpha value is -5.01. The van der Waals surface area contributed by atoms with Gasteiger partial charge in [-0.25, -0.2) is 9.40 Å². The molecule has 1 atom stereocenters. The number of carbonyl (C=O) groups is 2. The number of thioether (sulfide) groups is 1. The van der Waals surface area contributed by atoms with Crippen molar-refractivity contribution in [1.29, 1.82) is 0 Å². The topological polar surface area (TPSA) is 111 Å². The number of hydrogen-bond donors (Lipinski definition) is 1. The molecule has 1 aliphatic rings. The summed E-state index contributed by atoms with van der Waals surface area (Å²) in [4.78, 5) is 27.3. The standard InChI is InChI=1S/C33H29FN6O4S2/c1-43-28-11-6-5-10-26(28)39-30(19-35-31(41)20-44-24-8-3-2-4-9-24)36-37-33(39)46-21-32(42)40-27(22-13-15-23(34)16-14-22)18-25(38-40)29-12-7-17-45-29/h2-17,27H,18-21H2,1H3,(H,35,41). The fourth-order valence-corrected chi connectivity index (χ4v) is 6.47. The van der Waals surface area contributed by atoms with Crippen LogP contribution in [0.5, 0.6) is 11.5 Å². The summed E-state index contributed by atoms with van der Waals surface area (Å²) in [7, 11) is 1.56. The first-order valence-electron chi connectivity index (χ1n) is 14.3. The van der Waals surface area contributed by atoms with E-state index < -0.39 is 0 Å². The number of para-hydroxylation sites is 3. The number of hydrogen-bond acceptors (Lipinski definition) is 9. The Morgan fingerprint density at radius 1 is 1.00 bits per heavy atom. The molecule has 0 saturated heterocycles. The highest BCUT2D eigenvalue weighted by atomic mass is 32.2. The number of thiophene rings is 1. The molecule has 6 rings (SSSR count). The predicted molar refractivity (Wildman–Crippen MR) is 174 cm³/mol. The molecule has 13 heteroatoms. The molecule has 0 bridgehead atoms. The Kier molecular flexibility index (Phi) is 9.70. The first-order valence-corrected chi connectivity index (χ1v) is 16.2. The Bertz CT molecular complexity index is 1830. The zero-order valence-electron chi connectivity index (χ0n) is 24.7. The van der Waals surface area contributed by atoms with Crippen LogP contribution in [0.1, 0.15) is 28.7 Å². The van der Waals surface area contributed by atoms with Gasteiger partial charge in [-0.05, 0) is 53.4 Å². The number of halogens is 1. The number of carbonyl (C=O) groups excluding carboxylic acids is 2. The molecular formula is C33H29FN6O4S2. The highest BCUT2D eigenvalue weighted by molar-refractivity contribution is 7.99. The maximum Gasteiger partial charge on any atom is 0.258 e. The molecule has 46 heavy (non-hydrogen) atoms. The van der Waals surface area contributed by atoms with Crippen molar-refractivity contribution in [3.05, 3.63) is 118 Å². The number of nitrogens with zero attached hydrogens (tertiary/aromatic N) is 5. The van der Waals surface area contributed by atoms with E-state index in [4.69, 9.17) is 14.6 Å². The molecule has 234 valence electrons. The summed E-state index contributed by atoms with van der Waals surface area (Å²) in [6.45, 7) is -0.105. The van der Waals surface area contributed by atoms with Gasteiger partial charge in [0.1, 0.15) is 17.3 Å². The van der Waals surface area contributed by atoms with Crippen molar-refractivity contribution in [1.82, 2.24) is 25.1 Å². The lowest BCUT2D eigenvalue weighted by Gasteiger charge is -2.22. The van der Waals surface area contributed by atoms with E-state index in [9.17, 15) is 14.0 Å². The van der Waals surface area contributed by atoms with Crippen LogP contribution < -0.4 is 14.8 Å². The number of ether oxygens (including phenoxy) is 2. The molecule has 0 aliphatic carbocycles. The number of nitrogens with one attached hydrogen (secondary N) is 1. The second-order valence-electron chi connectivity index (χ2n) is 10.1. The van der Waals surface area contributed by atoms with Gasteiger partial charge < -0.3 is 14.8 Å². The molecule has 1 unspecified atom stereocenters. The van der Waals surface area contributed by atoms with E-state index in [0.717, 1.165) is 16.2 Å². The second kappa shape index (κ2) is 14.4. The highest BCUT2D eigenvalue weighted by Gasteiger charge is 2.34. The van der Waals surface area contributed by atoms with E-state index in [-0.39, 0.29) is 42.6 Å². The number of amides is 2. The molecule has 1 N–H and O–H groups in total. The van der Waals surface area contributed by atoms with Gasteiger partial charge in [0, 0.05) is 6.42 Å². The summed E-state index contributed by atoms with van der Waals surface area (Å²) >= 11 is 2.75. The minimum atomic E-state index is -0.373. The Labute approximate surface area is 272 Å². The smallest absolute Gasteiger partial charge is 0.258 e. The molecule has 2 aromatic heterocycles. The molecule has 3 heterocycles. The lowest BCUT2D eigenvalue weighted by atomic mass is 10.0. The number of hydrazone groups is 1.